The van der Waals surface area contributed by atoms with Gasteiger partial charge in [-0.1, -0.05) is 23.7 Å². The highest BCUT2D eigenvalue weighted by Crippen LogP contribution is 2.37. The lowest BCUT2D eigenvalue weighted by molar-refractivity contribution is -0.130. The third-order valence-corrected chi connectivity index (χ3v) is 7.43. The number of carbonyl (C=O) groups excluding carboxylic acids is 2. The predicted molar refractivity (Wildman–Crippen MR) is 138 cm³/mol. The van der Waals surface area contributed by atoms with Crippen molar-refractivity contribution in [2.75, 3.05) is 13.1 Å². The first-order chi connectivity index (χ1) is 16.9. The van der Waals surface area contributed by atoms with E-state index < -0.39 is 18.3 Å². The van der Waals surface area contributed by atoms with Gasteiger partial charge < -0.3 is 24.3 Å². The summed E-state index contributed by atoms with van der Waals surface area (Å²) in [5.41, 5.74) is 0.736. The molecule has 2 aliphatic rings. The first-order valence-electron chi connectivity index (χ1n) is 12.3. The second-order valence-electron chi connectivity index (χ2n) is 10.3. The van der Waals surface area contributed by atoms with Gasteiger partial charge in [-0.05, 0) is 45.4 Å². The largest absolute Gasteiger partial charge is 0.500 e. The van der Waals surface area contributed by atoms with Gasteiger partial charge in [0.15, 0.2) is 0 Å². The highest BCUT2D eigenvalue weighted by atomic mass is 35.5. The molecule has 0 unspecified atom stereocenters. The zero-order chi connectivity index (χ0) is 26.1. The Morgan fingerprint density at radius 2 is 1.75 bits per heavy atom. The van der Waals surface area contributed by atoms with Gasteiger partial charge >= 0.3 is 7.12 Å². The molecule has 2 amide bonds. The van der Waals surface area contributed by atoms with Crippen LogP contribution in [0.5, 0.6) is 5.75 Å². The van der Waals surface area contributed by atoms with Crippen LogP contribution in [0, 0.1) is 0 Å². The second-order valence-corrected chi connectivity index (χ2v) is 10.8. The number of benzene rings is 1. The summed E-state index contributed by atoms with van der Waals surface area (Å²) >= 11 is 5.94. The van der Waals surface area contributed by atoms with Gasteiger partial charge in [0.2, 0.25) is 5.91 Å². The molecule has 0 spiro atoms. The summed E-state index contributed by atoms with van der Waals surface area (Å²) in [5.74, 6) is 0.248. The molecule has 0 radical (unpaired) electrons. The summed E-state index contributed by atoms with van der Waals surface area (Å²) < 4.78 is 18.9. The number of hydrogen-bond donors (Lipinski definition) is 1. The smallest absolute Gasteiger partial charge is 0.491 e. The predicted octanol–water partition coefficient (Wildman–Crippen LogP) is 3.35. The maximum atomic E-state index is 12.9. The van der Waals surface area contributed by atoms with E-state index in [2.05, 4.69) is 10.3 Å². The molecule has 0 aliphatic carbocycles. The molecular formula is C26H33BClN3O5. The average Bonchev–Trinajstić information content (AvgIpc) is 3.05. The van der Waals surface area contributed by atoms with Crippen LogP contribution in [0.1, 0.15) is 63.5 Å². The summed E-state index contributed by atoms with van der Waals surface area (Å²) in [4.78, 5) is 30.9. The van der Waals surface area contributed by atoms with E-state index in [0.29, 0.717) is 48.7 Å². The van der Waals surface area contributed by atoms with E-state index in [4.69, 9.17) is 25.6 Å². The van der Waals surface area contributed by atoms with Crippen molar-refractivity contribution in [1.82, 2.24) is 15.2 Å². The minimum atomic E-state index is -0.680. The quantitative estimate of drug-likeness (QED) is 0.596. The van der Waals surface area contributed by atoms with Crippen LogP contribution in [-0.2, 0) is 20.6 Å². The van der Waals surface area contributed by atoms with E-state index in [-0.39, 0.29) is 23.6 Å². The molecule has 36 heavy (non-hydrogen) atoms. The fourth-order valence-corrected chi connectivity index (χ4v) is 4.29. The number of aromatic nitrogens is 1. The van der Waals surface area contributed by atoms with Gasteiger partial charge in [-0.25, -0.2) is 0 Å². The summed E-state index contributed by atoms with van der Waals surface area (Å²) in [7, 11) is -0.680. The molecule has 2 saturated heterocycles. The lowest BCUT2D eigenvalue weighted by atomic mass is 9.79. The van der Waals surface area contributed by atoms with Gasteiger partial charge in [-0.2, -0.15) is 0 Å². The van der Waals surface area contributed by atoms with E-state index in [1.807, 2.05) is 44.7 Å². The number of piperidine rings is 1. The van der Waals surface area contributed by atoms with E-state index in [0.717, 1.165) is 5.56 Å². The molecule has 8 nitrogen and oxygen atoms in total. The Bertz CT molecular complexity index is 1100. The Kier molecular flexibility index (Phi) is 7.64. The summed E-state index contributed by atoms with van der Waals surface area (Å²) in [6, 6.07) is 8.93. The topological polar surface area (TPSA) is 90.0 Å². The molecule has 3 heterocycles. The van der Waals surface area contributed by atoms with Gasteiger partial charge in [0.1, 0.15) is 17.5 Å². The van der Waals surface area contributed by atoms with Crippen molar-refractivity contribution in [1.29, 1.82) is 0 Å². The monoisotopic (exact) mass is 513 g/mol. The highest BCUT2D eigenvalue weighted by molar-refractivity contribution is 6.63. The number of ether oxygens (including phenoxy) is 1. The molecule has 10 heteroatoms. The number of nitrogens with zero attached hydrogens (tertiary/aromatic N) is 2. The molecule has 1 aromatic carbocycles. The van der Waals surface area contributed by atoms with Crippen LogP contribution in [0.25, 0.3) is 0 Å². The molecule has 192 valence electrons. The van der Waals surface area contributed by atoms with Crippen LogP contribution in [0.4, 0.5) is 0 Å². The van der Waals surface area contributed by atoms with Gasteiger partial charge in [0.05, 0.1) is 11.2 Å². The Morgan fingerprint density at radius 3 is 2.33 bits per heavy atom. The van der Waals surface area contributed by atoms with Crippen LogP contribution in [0.3, 0.4) is 0 Å². The van der Waals surface area contributed by atoms with Crippen molar-refractivity contribution in [3.05, 3.63) is 52.8 Å². The molecule has 1 N–H and O–H groups in total. The van der Waals surface area contributed by atoms with Crippen molar-refractivity contribution < 1.29 is 23.6 Å². The highest BCUT2D eigenvalue weighted by Gasteiger charge is 2.52. The maximum absolute atomic E-state index is 12.9. The molecule has 2 aromatic rings. The van der Waals surface area contributed by atoms with E-state index in [1.54, 1.807) is 31.3 Å². The summed E-state index contributed by atoms with van der Waals surface area (Å²) in [5, 5.41) is 3.53. The molecular weight excluding hydrogens is 481 g/mol. The first kappa shape index (κ1) is 26.4. The number of amides is 2. The number of pyridine rings is 1. The van der Waals surface area contributed by atoms with Crippen molar-refractivity contribution in [2.45, 2.75) is 71.3 Å². The number of likely N-dealkylation sites (tertiary alicyclic amines) is 1. The SMILES string of the molecule is CC(=O)N1CCC(Oc2cc(C(=O)NCc3ccc(Cl)cc3)ncc2B2OC(C)(C)C(C)(C)O2)CC1. The molecule has 2 fully saturated rings. The minimum absolute atomic E-state index is 0.0647. The first-order valence-corrected chi connectivity index (χ1v) is 12.6. The van der Waals surface area contributed by atoms with Crippen LogP contribution >= 0.6 is 11.6 Å². The van der Waals surface area contributed by atoms with E-state index >= 15 is 0 Å². The summed E-state index contributed by atoms with van der Waals surface area (Å²) in [6.07, 6.45) is 2.89. The standard InChI is InChI=1S/C26H33BClN3O5/c1-17(32)31-12-10-20(11-13-31)34-23-14-22(24(33)30-15-18-6-8-19(28)9-7-18)29-16-21(23)27-35-25(2,3)26(4,5)36-27/h6-9,14,16,20H,10-13,15H2,1-5H3,(H,30,33). The van der Waals surface area contributed by atoms with Crippen LogP contribution in [0.15, 0.2) is 36.5 Å². The maximum Gasteiger partial charge on any atom is 0.500 e. The number of rotatable bonds is 6. The van der Waals surface area contributed by atoms with Gasteiger partial charge in [-0.3, -0.25) is 14.6 Å². The fraction of sp³-hybridized carbons (Fsp3) is 0.500. The average molecular weight is 514 g/mol. The lowest BCUT2D eigenvalue weighted by Gasteiger charge is -2.32. The zero-order valence-corrected chi connectivity index (χ0v) is 22.2. The van der Waals surface area contributed by atoms with Crippen molar-refractivity contribution >= 4 is 36.0 Å². The third-order valence-electron chi connectivity index (χ3n) is 7.18. The Morgan fingerprint density at radius 1 is 1.14 bits per heavy atom. The Balaban J connectivity index is 1.54. The molecule has 0 bridgehead atoms. The molecule has 4 rings (SSSR count). The fourth-order valence-electron chi connectivity index (χ4n) is 4.16. The van der Waals surface area contributed by atoms with E-state index in [9.17, 15) is 9.59 Å². The molecule has 0 atom stereocenters. The third kappa shape index (κ3) is 5.85. The minimum Gasteiger partial charge on any atom is -0.491 e. The Labute approximate surface area is 217 Å². The zero-order valence-electron chi connectivity index (χ0n) is 21.5. The van der Waals surface area contributed by atoms with Crippen LogP contribution in [0.2, 0.25) is 5.02 Å². The Hall–Kier alpha value is -2.62. The summed E-state index contributed by atoms with van der Waals surface area (Å²) in [6.45, 7) is 11.1. The van der Waals surface area contributed by atoms with Crippen molar-refractivity contribution in [2.24, 2.45) is 0 Å². The number of nitrogens with one attached hydrogen (secondary N) is 1. The number of hydrogen-bond acceptors (Lipinski definition) is 6. The van der Waals surface area contributed by atoms with Crippen LogP contribution < -0.4 is 15.5 Å². The van der Waals surface area contributed by atoms with Gasteiger partial charge in [-0.15, -0.1) is 0 Å². The molecule has 0 saturated carbocycles. The van der Waals surface area contributed by atoms with Crippen molar-refractivity contribution in [3.8, 4) is 5.75 Å². The van der Waals surface area contributed by atoms with Crippen molar-refractivity contribution in [3.63, 3.8) is 0 Å². The van der Waals surface area contributed by atoms with Gasteiger partial charge in [0.25, 0.3) is 5.91 Å². The number of carbonyl (C=O) groups is 2. The molecule has 1 aromatic heterocycles. The molecule has 2 aliphatic heterocycles. The normalized spacial score (nSPS) is 19.3. The van der Waals surface area contributed by atoms with E-state index in [1.165, 1.54) is 0 Å². The lowest BCUT2D eigenvalue weighted by Crippen LogP contribution is -2.42. The van der Waals surface area contributed by atoms with Crippen LogP contribution in [-0.4, -0.2) is 59.2 Å². The number of halogens is 1. The van der Waals surface area contributed by atoms with Gasteiger partial charge in [0, 0.05) is 62.1 Å². The second kappa shape index (κ2) is 10.4.